The molecule has 1 aromatic carbocycles. The van der Waals surface area contributed by atoms with E-state index in [9.17, 15) is 0 Å². The molecule has 0 fully saturated rings. The molecule has 0 saturated carbocycles. The van der Waals surface area contributed by atoms with Crippen molar-refractivity contribution in [1.82, 2.24) is 0 Å². The van der Waals surface area contributed by atoms with Gasteiger partial charge in [0, 0.05) is 12.1 Å². The van der Waals surface area contributed by atoms with Gasteiger partial charge in [0.1, 0.15) is 0 Å². The molecule has 0 atom stereocenters. The largest absolute Gasteiger partial charge is 0.266 e. The lowest BCUT2D eigenvalue weighted by Gasteiger charge is -2.01. The lowest BCUT2D eigenvalue weighted by atomic mass is 10.1. The molecular weight excluding hydrogens is 184 g/mol. The zero-order valence-electron chi connectivity index (χ0n) is 9.11. The predicted molar refractivity (Wildman–Crippen MR) is 67.8 cm³/mol. The highest BCUT2D eigenvalue weighted by Gasteiger charge is 1.99. The highest BCUT2D eigenvalue weighted by molar-refractivity contribution is 6.01. The summed E-state index contributed by atoms with van der Waals surface area (Å²) in [7, 11) is 0. The van der Waals surface area contributed by atoms with Crippen molar-refractivity contribution in [1.29, 1.82) is 0 Å². The Morgan fingerprint density at radius 3 is 2.47 bits per heavy atom. The van der Waals surface area contributed by atoms with Crippen LogP contribution < -0.4 is 0 Å². The lowest BCUT2D eigenvalue weighted by Crippen LogP contribution is -1.97. The molecule has 78 valence electrons. The second kappa shape index (κ2) is 5.91. The van der Waals surface area contributed by atoms with E-state index in [0.717, 1.165) is 24.1 Å². The van der Waals surface area contributed by atoms with E-state index in [4.69, 9.17) is 0 Å². The smallest absolute Gasteiger partial charge is 0.153 e. The molecule has 2 heteroatoms. The Hall–Kier alpha value is -1.70. The topological polar surface area (TPSA) is 24.7 Å². The van der Waals surface area contributed by atoms with Crippen LogP contribution >= 0.6 is 0 Å². The molecule has 0 aromatic heterocycles. The van der Waals surface area contributed by atoms with E-state index < -0.39 is 0 Å². The van der Waals surface area contributed by atoms with Crippen molar-refractivity contribution < 1.29 is 0 Å². The van der Waals surface area contributed by atoms with Gasteiger partial charge in [-0.1, -0.05) is 43.8 Å². The molecule has 0 amide bonds. The van der Waals surface area contributed by atoms with Gasteiger partial charge < -0.3 is 0 Å². The number of amidine groups is 1. The Labute approximate surface area is 91.1 Å². The molecule has 0 bridgehead atoms. The summed E-state index contributed by atoms with van der Waals surface area (Å²) < 4.78 is 0. The predicted octanol–water partition coefficient (Wildman–Crippen LogP) is 3.19. The average molecular weight is 200 g/mol. The Morgan fingerprint density at radius 1 is 1.33 bits per heavy atom. The number of aliphatic imine (C=N–C) groups is 2. The van der Waals surface area contributed by atoms with E-state index in [-0.39, 0.29) is 0 Å². The molecule has 0 aliphatic carbocycles. The average Bonchev–Trinajstić information content (AvgIpc) is 2.31. The fourth-order valence-corrected chi connectivity index (χ4v) is 1.22. The van der Waals surface area contributed by atoms with E-state index >= 15 is 0 Å². The molecule has 1 rings (SSSR count). The monoisotopic (exact) mass is 200 g/mol. The second-order valence-corrected chi connectivity index (χ2v) is 3.19. The number of nitrogens with zero attached hydrogens (tertiary/aromatic N) is 2. The third-order valence-electron chi connectivity index (χ3n) is 2.04. The van der Waals surface area contributed by atoms with Crippen LogP contribution in [0.1, 0.15) is 24.5 Å². The third-order valence-corrected chi connectivity index (χ3v) is 2.04. The maximum atomic E-state index is 4.35. The molecule has 0 aliphatic heterocycles. The second-order valence-electron chi connectivity index (χ2n) is 3.19. The maximum absolute atomic E-state index is 4.35. The van der Waals surface area contributed by atoms with Gasteiger partial charge in [0.2, 0.25) is 0 Å². The highest BCUT2D eigenvalue weighted by Crippen LogP contribution is 2.07. The van der Waals surface area contributed by atoms with Crippen molar-refractivity contribution >= 4 is 18.6 Å². The molecule has 0 radical (unpaired) electrons. The van der Waals surface area contributed by atoms with Crippen LogP contribution in [0.5, 0.6) is 0 Å². The number of benzene rings is 1. The van der Waals surface area contributed by atoms with Crippen LogP contribution in [0.15, 0.2) is 40.8 Å². The van der Waals surface area contributed by atoms with Gasteiger partial charge in [-0.15, -0.1) is 0 Å². The molecule has 2 nitrogen and oxygen atoms in total. The summed E-state index contributed by atoms with van der Waals surface area (Å²) in [6.45, 7) is 10.1. The van der Waals surface area contributed by atoms with E-state index in [2.05, 4.69) is 30.2 Å². The van der Waals surface area contributed by atoms with Gasteiger partial charge in [0.05, 0.1) is 0 Å². The Balaban J connectivity index is 2.92. The lowest BCUT2D eigenvalue weighted by molar-refractivity contribution is 0.930. The normalized spacial score (nSPS) is 11.1. The quantitative estimate of drug-likeness (QED) is 0.527. The van der Waals surface area contributed by atoms with Crippen molar-refractivity contribution in [3.8, 4) is 0 Å². The van der Waals surface area contributed by atoms with Crippen LogP contribution in [-0.4, -0.2) is 19.1 Å². The number of hydrogen-bond donors (Lipinski definition) is 0. The third kappa shape index (κ3) is 3.17. The molecule has 0 spiro atoms. The SMILES string of the molecule is C=Cc1ccc(/C(N=C)=N/CCC)cc1. The molecule has 0 saturated heterocycles. The van der Waals surface area contributed by atoms with Crippen LogP contribution in [0.25, 0.3) is 6.08 Å². The van der Waals surface area contributed by atoms with Crippen LogP contribution in [0.4, 0.5) is 0 Å². The van der Waals surface area contributed by atoms with Gasteiger partial charge in [0.25, 0.3) is 0 Å². The summed E-state index contributed by atoms with van der Waals surface area (Å²) in [6.07, 6.45) is 2.83. The van der Waals surface area contributed by atoms with Crippen molar-refractivity contribution in [2.75, 3.05) is 6.54 Å². The van der Waals surface area contributed by atoms with Gasteiger partial charge in [0.15, 0.2) is 5.84 Å². The van der Waals surface area contributed by atoms with Gasteiger partial charge in [-0.3, -0.25) is 4.99 Å². The van der Waals surface area contributed by atoms with Gasteiger partial charge >= 0.3 is 0 Å². The van der Waals surface area contributed by atoms with Crippen molar-refractivity contribution in [3.63, 3.8) is 0 Å². The molecule has 15 heavy (non-hydrogen) atoms. The van der Waals surface area contributed by atoms with E-state index in [1.807, 2.05) is 30.3 Å². The van der Waals surface area contributed by atoms with E-state index in [1.165, 1.54) is 0 Å². The summed E-state index contributed by atoms with van der Waals surface area (Å²) in [5.74, 6) is 0.715. The van der Waals surface area contributed by atoms with E-state index in [0.29, 0.717) is 5.84 Å². The zero-order valence-corrected chi connectivity index (χ0v) is 9.11. The standard InChI is InChI=1S/C13H16N2/c1-4-10-15-13(14-3)12-8-6-11(5-2)7-9-12/h5-9H,2-4,10H2,1H3/b15-13-. The molecule has 0 aliphatic rings. The number of rotatable bonds is 4. The van der Waals surface area contributed by atoms with Crippen LogP contribution in [0.3, 0.4) is 0 Å². The maximum Gasteiger partial charge on any atom is 0.153 e. The first-order chi connectivity index (χ1) is 7.31. The van der Waals surface area contributed by atoms with Gasteiger partial charge in [-0.2, -0.15) is 0 Å². The first-order valence-electron chi connectivity index (χ1n) is 5.06. The minimum Gasteiger partial charge on any atom is -0.266 e. The summed E-state index contributed by atoms with van der Waals surface area (Å²) in [6, 6.07) is 7.96. The summed E-state index contributed by atoms with van der Waals surface area (Å²) in [5.41, 5.74) is 2.10. The number of hydrogen-bond acceptors (Lipinski definition) is 1. The van der Waals surface area contributed by atoms with Crippen molar-refractivity contribution in [2.45, 2.75) is 13.3 Å². The van der Waals surface area contributed by atoms with Gasteiger partial charge in [-0.05, 0) is 18.7 Å². The van der Waals surface area contributed by atoms with Crippen LogP contribution in [0, 0.1) is 0 Å². The molecular formula is C13H16N2. The molecule has 0 unspecified atom stereocenters. The zero-order chi connectivity index (χ0) is 11.1. The molecule has 0 N–H and O–H groups in total. The fourth-order valence-electron chi connectivity index (χ4n) is 1.22. The van der Waals surface area contributed by atoms with E-state index in [1.54, 1.807) is 0 Å². The van der Waals surface area contributed by atoms with Crippen LogP contribution in [-0.2, 0) is 0 Å². The fraction of sp³-hybridized carbons (Fsp3) is 0.231. The minimum absolute atomic E-state index is 0.715. The molecule has 1 aromatic rings. The summed E-state index contributed by atoms with van der Waals surface area (Å²) in [5, 5.41) is 0. The van der Waals surface area contributed by atoms with Crippen LogP contribution in [0.2, 0.25) is 0 Å². The first-order valence-corrected chi connectivity index (χ1v) is 5.06. The Morgan fingerprint density at radius 2 is 2.00 bits per heavy atom. The van der Waals surface area contributed by atoms with Crippen molar-refractivity contribution in [2.24, 2.45) is 9.98 Å². The highest BCUT2D eigenvalue weighted by atomic mass is 14.9. The van der Waals surface area contributed by atoms with Gasteiger partial charge in [-0.25, -0.2) is 4.99 Å². The first kappa shape index (κ1) is 11.4. The Kier molecular flexibility index (Phi) is 4.48. The minimum atomic E-state index is 0.715. The summed E-state index contributed by atoms with van der Waals surface area (Å²) in [4.78, 5) is 8.27. The summed E-state index contributed by atoms with van der Waals surface area (Å²) >= 11 is 0. The molecule has 0 heterocycles. The van der Waals surface area contributed by atoms with Crippen molar-refractivity contribution in [3.05, 3.63) is 42.0 Å². The Bertz CT molecular complexity index is 361.